The summed E-state index contributed by atoms with van der Waals surface area (Å²) in [5.41, 5.74) is 3.03. The van der Waals surface area contributed by atoms with Crippen molar-refractivity contribution in [2.24, 2.45) is 0 Å². The summed E-state index contributed by atoms with van der Waals surface area (Å²) in [6, 6.07) is 7.75. The summed E-state index contributed by atoms with van der Waals surface area (Å²) in [5.74, 6) is 0.313. The highest BCUT2D eigenvalue weighted by Gasteiger charge is 2.28. The number of para-hydroxylation sites is 1. The number of rotatable bonds is 1. The molecule has 4 heteroatoms. The molecular formula is C13H15N3O. The Balaban J connectivity index is 2.08. The van der Waals surface area contributed by atoms with Gasteiger partial charge in [0.25, 0.3) is 0 Å². The van der Waals surface area contributed by atoms with Crippen LogP contribution in [0.25, 0.3) is 0 Å². The second-order valence-corrected chi connectivity index (χ2v) is 4.53. The fraction of sp³-hybridized carbons (Fsp3) is 0.308. The van der Waals surface area contributed by atoms with E-state index in [-0.39, 0.29) is 6.04 Å². The number of nitrogens with zero attached hydrogens (tertiary/aromatic N) is 1. The van der Waals surface area contributed by atoms with Crippen LogP contribution in [-0.2, 0) is 6.42 Å². The minimum absolute atomic E-state index is 0.0267. The number of aromatic nitrogens is 2. The fourth-order valence-electron chi connectivity index (χ4n) is 2.44. The first-order valence-electron chi connectivity index (χ1n) is 5.82. The number of phenols is 1. The van der Waals surface area contributed by atoms with E-state index in [1.165, 1.54) is 0 Å². The van der Waals surface area contributed by atoms with Crippen molar-refractivity contribution >= 4 is 0 Å². The number of aromatic hydroxyl groups is 1. The van der Waals surface area contributed by atoms with Crippen molar-refractivity contribution in [3.63, 3.8) is 0 Å². The van der Waals surface area contributed by atoms with Crippen LogP contribution in [0.15, 0.2) is 30.6 Å². The lowest BCUT2D eigenvalue weighted by atomic mass is 9.94. The van der Waals surface area contributed by atoms with Crippen LogP contribution in [0.2, 0.25) is 0 Å². The van der Waals surface area contributed by atoms with E-state index in [1.807, 2.05) is 18.2 Å². The SMILES string of the molecule is C[C@@H]1Cc2[nH]cnc2[C@@H](c2ccccc2O)N1. The predicted octanol–water partition coefficient (Wildman–Crippen LogP) is 1.74. The van der Waals surface area contributed by atoms with Gasteiger partial charge < -0.3 is 15.4 Å². The zero-order valence-corrected chi connectivity index (χ0v) is 9.64. The molecule has 4 nitrogen and oxygen atoms in total. The molecule has 0 saturated carbocycles. The summed E-state index contributed by atoms with van der Waals surface area (Å²) in [6.07, 6.45) is 2.66. The van der Waals surface area contributed by atoms with Crippen LogP contribution in [0.1, 0.15) is 29.9 Å². The van der Waals surface area contributed by atoms with E-state index in [0.717, 1.165) is 23.4 Å². The molecule has 0 radical (unpaired) electrons. The molecule has 0 fully saturated rings. The first-order valence-corrected chi connectivity index (χ1v) is 5.82. The molecule has 3 N–H and O–H groups in total. The molecule has 2 aromatic rings. The molecule has 0 spiro atoms. The second-order valence-electron chi connectivity index (χ2n) is 4.53. The number of benzene rings is 1. The number of phenolic OH excluding ortho intramolecular Hbond substituents is 1. The zero-order valence-electron chi connectivity index (χ0n) is 9.64. The minimum atomic E-state index is -0.0267. The Morgan fingerprint density at radius 1 is 1.35 bits per heavy atom. The summed E-state index contributed by atoms with van der Waals surface area (Å²) in [6.45, 7) is 2.14. The predicted molar refractivity (Wildman–Crippen MR) is 64.8 cm³/mol. The molecule has 1 aliphatic heterocycles. The van der Waals surface area contributed by atoms with Gasteiger partial charge in [-0.25, -0.2) is 4.98 Å². The van der Waals surface area contributed by atoms with Gasteiger partial charge in [-0.3, -0.25) is 0 Å². The van der Waals surface area contributed by atoms with Gasteiger partial charge in [0.05, 0.1) is 18.1 Å². The van der Waals surface area contributed by atoms with Crippen LogP contribution < -0.4 is 5.32 Å². The third-order valence-electron chi connectivity index (χ3n) is 3.23. The van der Waals surface area contributed by atoms with Crippen LogP contribution in [0.3, 0.4) is 0 Å². The molecular weight excluding hydrogens is 214 g/mol. The van der Waals surface area contributed by atoms with Crippen molar-refractivity contribution in [1.82, 2.24) is 15.3 Å². The van der Waals surface area contributed by atoms with Crippen molar-refractivity contribution in [2.45, 2.75) is 25.4 Å². The maximum atomic E-state index is 9.93. The highest BCUT2D eigenvalue weighted by atomic mass is 16.3. The van der Waals surface area contributed by atoms with Gasteiger partial charge >= 0.3 is 0 Å². The molecule has 1 aromatic carbocycles. The molecule has 0 aliphatic carbocycles. The van der Waals surface area contributed by atoms with Gasteiger partial charge in [-0.2, -0.15) is 0 Å². The number of fused-ring (bicyclic) bond motifs is 1. The average Bonchev–Trinajstić information content (AvgIpc) is 2.76. The van der Waals surface area contributed by atoms with Gasteiger partial charge in [-0.1, -0.05) is 18.2 Å². The van der Waals surface area contributed by atoms with Crippen molar-refractivity contribution in [3.8, 4) is 5.75 Å². The Morgan fingerprint density at radius 3 is 3.00 bits per heavy atom. The largest absolute Gasteiger partial charge is 0.508 e. The lowest BCUT2D eigenvalue weighted by molar-refractivity contribution is 0.423. The van der Waals surface area contributed by atoms with E-state index < -0.39 is 0 Å². The Morgan fingerprint density at radius 2 is 2.18 bits per heavy atom. The van der Waals surface area contributed by atoms with Gasteiger partial charge in [0.15, 0.2) is 0 Å². The van der Waals surface area contributed by atoms with E-state index in [0.29, 0.717) is 11.8 Å². The Bertz CT molecular complexity index is 535. The van der Waals surface area contributed by atoms with Crippen LogP contribution in [0.5, 0.6) is 5.75 Å². The summed E-state index contributed by atoms with van der Waals surface area (Å²) < 4.78 is 0. The number of nitrogens with one attached hydrogen (secondary N) is 2. The molecule has 2 atom stereocenters. The van der Waals surface area contributed by atoms with Crippen LogP contribution in [-0.4, -0.2) is 21.1 Å². The van der Waals surface area contributed by atoms with Crippen molar-refractivity contribution in [2.75, 3.05) is 0 Å². The molecule has 0 amide bonds. The molecule has 0 bridgehead atoms. The Kier molecular flexibility index (Phi) is 2.37. The maximum absolute atomic E-state index is 9.93. The molecule has 17 heavy (non-hydrogen) atoms. The minimum Gasteiger partial charge on any atom is -0.508 e. The Hall–Kier alpha value is -1.81. The second kappa shape index (κ2) is 3.89. The van der Waals surface area contributed by atoms with Crippen LogP contribution >= 0.6 is 0 Å². The van der Waals surface area contributed by atoms with E-state index in [9.17, 15) is 5.11 Å². The molecule has 0 saturated heterocycles. The van der Waals surface area contributed by atoms with E-state index in [1.54, 1.807) is 12.4 Å². The smallest absolute Gasteiger partial charge is 0.120 e. The first-order chi connectivity index (χ1) is 8.25. The normalized spacial score (nSPS) is 23.4. The summed E-state index contributed by atoms with van der Waals surface area (Å²) in [4.78, 5) is 7.54. The number of imidazole rings is 1. The third-order valence-corrected chi connectivity index (χ3v) is 3.23. The van der Waals surface area contributed by atoms with Gasteiger partial charge in [0.2, 0.25) is 0 Å². The lowest BCUT2D eigenvalue weighted by Crippen LogP contribution is -2.38. The molecule has 3 rings (SSSR count). The van der Waals surface area contributed by atoms with Crippen molar-refractivity contribution in [1.29, 1.82) is 0 Å². The number of aromatic amines is 1. The van der Waals surface area contributed by atoms with Crippen LogP contribution in [0.4, 0.5) is 0 Å². The van der Waals surface area contributed by atoms with E-state index >= 15 is 0 Å². The maximum Gasteiger partial charge on any atom is 0.120 e. The Labute approximate surface area is 99.7 Å². The summed E-state index contributed by atoms with van der Waals surface area (Å²) in [7, 11) is 0. The summed E-state index contributed by atoms with van der Waals surface area (Å²) >= 11 is 0. The van der Waals surface area contributed by atoms with Crippen molar-refractivity contribution in [3.05, 3.63) is 47.5 Å². The molecule has 1 aromatic heterocycles. The highest BCUT2D eigenvalue weighted by Crippen LogP contribution is 2.32. The van der Waals surface area contributed by atoms with Gasteiger partial charge in [0, 0.05) is 23.7 Å². The quantitative estimate of drug-likeness (QED) is 0.698. The monoisotopic (exact) mass is 229 g/mol. The van der Waals surface area contributed by atoms with Gasteiger partial charge in [-0.05, 0) is 13.0 Å². The topological polar surface area (TPSA) is 60.9 Å². The zero-order chi connectivity index (χ0) is 11.8. The van der Waals surface area contributed by atoms with Crippen LogP contribution in [0, 0.1) is 0 Å². The summed E-state index contributed by atoms with van der Waals surface area (Å²) in [5, 5.41) is 13.4. The number of hydrogen-bond acceptors (Lipinski definition) is 3. The van der Waals surface area contributed by atoms with E-state index in [2.05, 4.69) is 22.2 Å². The highest BCUT2D eigenvalue weighted by molar-refractivity contribution is 5.41. The van der Waals surface area contributed by atoms with Gasteiger partial charge in [0.1, 0.15) is 5.75 Å². The fourth-order valence-corrected chi connectivity index (χ4v) is 2.44. The molecule has 2 heterocycles. The number of H-pyrrole nitrogens is 1. The standard InChI is InChI=1S/C13H15N3O/c1-8-6-10-13(15-7-14-10)12(16-8)9-4-2-3-5-11(9)17/h2-5,7-8,12,16-17H,6H2,1H3,(H,14,15)/t8-,12-/m1/s1. The molecule has 1 aliphatic rings. The molecule has 88 valence electrons. The lowest BCUT2D eigenvalue weighted by Gasteiger charge is -2.28. The van der Waals surface area contributed by atoms with Gasteiger partial charge in [-0.15, -0.1) is 0 Å². The average molecular weight is 229 g/mol. The first kappa shape index (κ1) is 10.4. The van der Waals surface area contributed by atoms with Crippen molar-refractivity contribution < 1.29 is 5.11 Å². The van der Waals surface area contributed by atoms with E-state index in [4.69, 9.17) is 0 Å². The molecule has 0 unspecified atom stereocenters. The third kappa shape index (κ3) is 1.70. The number of hydrogen-bond donors (Lipinski definition) is 3.